The highest BCUT2D eigenvalue weighted by Crippen LogP contribution is 2.31. The predicted molar refractivity (Wildman–Crippen MR) is 137 cm³/mol. The van der Waals surface area contributed by atoms with Crippen LogP contribution >= 0.6 is 0 Å². The van der Waals surface area contributed by atoms with E-state index in [0.29, 0.717) is 12.8 Å². The Morgan fingerprint density at radius 1 is 0.949 bits per heavy atom. The lowest BCUT2D eigenvalue weighted by molar-refractivity contribution is -0.314. The second-order valence-electron chi connectivity index (χ2n) is 10.2. The average molecular weight is 569 g/mol. The number of ether oxygens (including phenoxy) is 4. The highest BCUT2D eigenvalue weighted by Gasteiger charge is 2.51. The molecule has 1 amide bonds. The maximum Gasteiger partial charge on any atom is 0.249 e. The van der Waals surface area contributed by atoms with Gasteiger partial charge in [0.25, 0.3) is 0 Å². The molecule has 3 fully saturated rings. The van der Waals surface area contributed by atoms with Gasteiger partial charge in [0, 0.05) is 12.6 Å². The minimum Gasteiger partial charge on any atom is -0.394 e. The Morgan fingerprint density at radius 3 is 2.23 bits per heavy atom. The molecule has 2 aliphatic heterocycles. The molecule has 1 aliphatic carbocycles. The molecule has 39 heavy (non-hydrogen) atoms. The number of aliphatic hydroxyl groups is 5. The topological polar surface area (TPSA) is 297 Å². The zero-order valence-corrected chi connectivity index (χ0v) is 21.2. The zero-order chi connectivity index (χ0) is 28.1. The minimum atomic E-state index is -1.55. The summed E-state index contributed by atoms with van der Waals surface area (Å²) in [6, 6.07) is -3.54. The maximum atomic E-state index is 12.6. The lowest BCUT2D eigenvalue weighted by Crippen LogP contribution is -2.69. The number of nitrogens with two attached hydrogens (primary N) is 5. The van der Waals surface area contributed by atoms with Crippen LogP contribution in [0.2, 0.25) is 0 Å². The van der Waals surface area contributed by atoms with Crippen molar-refractivity contribution < 1.29 is 49.3 Å². The van der Waals surface area contributed by atoms with Crippen molar-refractivity contribution in [3.05, 3.63) is 0 Å². The van der Waals surface area contributed by atoms with Crippen molar-refractivity contribution in [2.45, 2.75) is 119 Å². The van der Waals surface area contributed by atoms with Gasteiger partial charge in [-0.05, 0) is 32.2 Å². The number of carbonyl (C=O) groups is 1. The smallest absolute Gasteiger partial charge is 0.249 e. The average Bonchev–Trinajstić information content (AvgIpc) is 2.89. The molecular weight excluding hydrogens is 520 g/mol. The SMILES string of the molecule is C.NCC[C@H](O)C(=O)N[C@@H]1C[C@H](N)C(O[C@H]2OC(CN)CCC2N)C(O)[C@H]1O[C@H]1OC(CO)[C@@H](O)[C@H](N)C1O. The Kier molecular flexibility index (Phi) is 13.3. The minimum absolute atomic E-state index is 0. The molecule has 16 heteroatoms. The third-order valence-electron chi connectivity index (χ3n) is 7.37. The molecular formula is C23H48N6O10. The standard InChI is InChI=1S/C22H44N6O10.CH4/c23-4-3-12(30)20(34)28-11-5-10(26)18(37-21-9(25)2-1-8(6-24)35-21)17(33)19(11)38-22-16(32)14(27)15(31)13(7-29)36-22;/h8-19,21-22,29-33H,1-7,23-27H2,(H,28,34);1H4/t8?,9?,10-,11+,12-,13?,14-,15+,16?,17?,18?,19-,21+,22+;/m0./s1. The number of rotatable bonds is 10. The van der Waals surface area contributed by atoms with E-state index < -0.39 is 92.0 Å². The van der Waals surface area contributed by atoms with E-state index in [1.54, 1.807) is 0 Å². The number of hydrogen-bond donors (Lipinski definition) is 11. The van der Waals surface area contributed by atoms with Crippen LogP contribution in [0.15, 0.2) is 0 Å². The molecule has 0 radical (unpaired) electrons. The van der Waals surface area contributed by atoms with E-state index in [4.69, 9.17) is 47.6 Å². The van der Waals surface area contributed by atoms with E-state index in [1.165, 1.54) is 0 Å². The summed E-state index contributed by atoms with van der Waals surface area (Å²) in [6.45, 7) is -0.296. The number of aliphatic hydroxyl groups excluding tert-OH is 5. The fourth-order valence-corrected chi connectivity index (χ4v) is 5.02. The van der Waals surface area contributed by atoms with Gasteiger partial charge >= 0.3 is 0 Å². The molecule has 0 aromatic heterocycles. The molecule has 0 spiro atoms. The first kappa shape index (κ1) is 34.1. The van der Waals surface area contributed by atoms with Crippen molar-refractivity contribution in [3.8, 4) is 0 Å². The molecule has 3 aliphatic rings. The van der Waals surface area contributed by atoms with E-state index in [-0.39, 0.29) is 39.5 Å². The number of hydrogen-bond acceptors (Lipinski definition) is 15. The Bertz CT molecular complexity index is 756. The van der Waals surface area contributed by atoms with E-state index >= 15 is 0 Å². The van der Waals surface area contributed by atoms with E-state index in [2.05, 4.69) is 5.32 Å². The lowest BCUT2D eigenvalue weighted by Gasteiger charge is -2.48. The number of nitrogens with one attached hydrogen (secondary N) is 1. The van der Waals surface area contributed by atoms with Crippen LogP contribution < -0.4 is 34.0 Å². The van der Waals surface area contributed by atoms with Crippen molar-refractivity contribution >= 4 is 5.91 Å². The monoisotopic (exact) mass is 568 g/mol. The molecule has 0 aromatic rings. The van der Waals surface area contributed by atoms with Crippen molar-refractivity contribution in [1.82, 2.24) is 5.32 Å². The van der Waals surface area contributed by atoms with Gasteiger partial charge in [-0.1, -0.05) is 7.43 Å². The van der Waals surface area contributed by atoms with Gasteiger partial charge in [0.05, 0.1) is 30.8 Å². The summed E-state index contributed by atoms with van der Waals surface area (Å²) < 4.78 is 23.3. The van der Waals surface area contributed by atoms with Crippen LogP contribution in [0.3, 0.4) is 0 Å². The molecule has 2 heterocycles. The zero-order valence-electron chi connectivity index (χ0n) is 21.2. The van der Waals surface area contributed by atoms with Crippen molar-refractivity contribution in [2.24, 2.45) is 28.7 Å². The van der Waals surface area contributed by atoms with E-state index in [9.17, 15) is 30.3 Å². The molecule has 16 nitrogen and oxygen atoms in total. The molecule has 230 valence electrons. The molecule has 1 saturated carbocycles. The Hall–Kier alpha value is -1.09. The molecule has 6 unspecified atom stereocenters. The maximum absolute atomic E-state index is 12.6. The van der Waals surface area contributed by atoms with Crippen molar-refractivity contribution in [2.75, 3.05) is 19.7 Å². The first-order chi connectivity index (χ1) is 18.0. The van der Waals surface area contributed by atoms with Crippen molar-refractivity contribution in [3.63, 3.8) is 0 Å². The van der Waals surface area contributed by atoms with Gasteiger partial charge in [-0.25, -0.2) is 0 Å². The third kappa shape index (κ3) is 8.02. The van der Waals surface area contributed by atoms with Crippen LogP contribution in [0.4, 0.5) is 0 Å². The highest BCUT2D eigenvalue weighted by atomic mass is 16.7. The lowest BCUT2D eigenvalue weighted by atomic mass is 9.83. The summed E-state index contributed by atoms with van der Waals surface area (Å²) >= 11 is 0. The quantitative estimate of drug-likeness (QED) is 0.117. The molecule has 16 N–H and O–H groups in total. The Labute approximate surface area is 228 Å². The number of amides is 1. The van der Waals surface area contributed by atoms with Gasteiger partial charge in [-0.15, -0.1) is 0 Å². The highest BCUT2D eigenvalue weighted by molar-refractivity contribution is 5.80. The van der Waals surface area contributed by atoms with Crippen LogP contribution in [-0.2, 0) is 23.7 Å². The first-order valence-corrected chi connectivity index (χ1v) is 12.9. The fourth-order valence-electron chi connectivity index (χ4n) is 5.02. The van der Waals surface area contributed by atoms with Crippen LogP contribution in [-0.4, -0.2) is 137 Å². The largest absolute Gasteiger partial charge is 0.394 e. The summed E-state index contributed by atoms with van der Waals surface area (Å²) in [6.07, 6.45) is -10.8. The van der Waals surface area contributed by atoms with Gasteiger partial charge in [-0.2, -0.15) is 0 Å². The van der Waals surface area contributed by atoms with Gasteiger partial charge < -0.3 is 78.5 Å². The normalized spacial score (nSPS) is 43.8. The second kappa shape index (κ2) is 15.2. The molecule has 3 rings (SSSR count). The fraction of sp³-hybridized carbons (Fsp3) is 0.957. The molecule has 0 aromatic carbocycles. The first-order valence-electron chi connectivity index (χ1n) is 12.9. The van der Waals surface area contributed by atoms with E-state index in [1.807, 2.05) is 0 Å². The van der Waals surface area contributed by atoms with Crippen LogP contribution in [0.25, 0.3) is 0 Å². The van der Waals surface area contributed by atoms with Crippen LogP contribution in [0.5, 0.6) is 0 Å². The second-order valence-corrected chi connectivity index (χ2v) is 10.2. The molecule has 14 atom stereocenters. The van der Waals surface area contributed by atoms with Crippen LogP contribution in [0, 0.1) is 0 Å². The molecule has 0 bridgehead atoms. The summed E-state index contributed by atoms with van der Waals surface area (Å²) in [4.78, 5) is 12.6. The van der Waals surface area contributed by atoms with Crippen LogP contribution in [0.1, 0.15) is 33.1 Å². The summed E-state index contributed by atoms with van der Waals surface area (Å²) in [7, 11) is 0. The third-order valence-corrected chi connectivity index (χ3v) is 7.37. The van der Waals surface area contributed by atoms with Crippen molar-refractivity contribution in [1.29, 1.82) is 0 Å². The van der Waals surface area contributed by atoms with Gasteiger partial charge in [0.2, 0.25) is 5.91 Å². The molecule has 2 saturated heterocycles. The summed E-state index contributed by atoms with van der Waals surface area (Å²) in [5.41, 5.74) is 29.6. The predicted octanol–water partition coefficient (Wildman–Crippen LogP) is -5.76. The summed E-state index contributed by atoms with van der Waals surface area (Å²) in [5.74, 6) is -0.762. The van der Waals surface area contributed by atoms with Gasteiger partial charge in [0.1, 0.15) is 42.7 Å². The summed E-state index contributed by atoms with van der Waals surface area (Å²) in [5, 5.41) is 54.4. The Balaban J connectivity index is 0.00000533. The number of carbonyl (C=O) groups excluding carboxylic acids is 1. The Morgan fingerprint density at radius 2 is 1.62 bits per heavy atom. The van der Waals surface area contributed by atoms with Gasteiger partial charge in [-0.3, -0.25) is 4.79 Å². The van der Waals surface area contributed by atoms with E-state index in [0.717, 1.165) is 0 Å². The van der Waals surface area contributed by atoms with Gasteiger partial charge in [0.15, 0.2) is 12.6 Å².